The van der Waals surface area contributed by atoms with Gasteiger partial charge in [0.15, 0.2) is 6.29 Å². The minimum Gasteiger partial charge on any atom is -0.298 e. The van der Waals surface area contributed by atoms with E-state index < -0.39 is 0 Å². The summed E-state index contributed by atoms with van der Waals surface area (Å²) in [5.41, 5.74) is 1.61. The molecule has 1 rings (SSSR count). The zero-order chi connectivity index (χ0) is 12.8. The highest BCUT2D eigenvalue weighted by atomic mass is 16.1. The summed E-state index contributed by atoms with van der Waals surface area (Å²) in [6, 6.07) is 0.387. The second kappa shape index (κ2) is 6.38. The number of carbonyl (C=O) groups excluding carboxylic acids is 1. The molecule has 1 heterocycles. The third-order valence-electron chi connectivity index (χ3n) is 3.22. The number of carbonyl (C=O) groups is 1. The number of hydrogen-bond donors (Lipinski definition) is 0. The monoisotopic (exact) mass is 234 g/mol. The Morgan fingerprint density at radius 2 is 2.12 bits per heavy atom. The molecular formula is C14H22N2O. The largest absolute Gasteiger partial charge is 0.298 e. The predicted molar refractivity (Wildman–Crippen MR) is 70.5 cm³/mol. The van der Waals surface area contributed by atoms with Gasteiger partial charge in [-0.25, -0.2) is 0 Å². The molecule has 1 atom stereocenters. The van der Waals surface area contributed by atoms with Gasteiger partial charge in [0, 0.05) is 12.1 Å². The fourth-order valence-corrected chi connectivity index (χ4v) is 2.11. The zero-order valence-electron chi connectivity index (χ0n) is 11.0. The van der Waals surface area contributed by atoms with E-state index in [-0.39, 0.29) is 5.92 Å². The maximum absolute atomic E-state index is 11.1. The van der Waals surface area contributed by atoms with Crippen LogP contribution in [0.3, 0.4) is 0 Å². The summed E-state index contributed by atoms with van der Waals surface area (Å²) in [5, 5.41) is 4.58. The molecule has 0 amide bonds. The van der Waals surface area contributed by atoms with E-state index in [0.29, 0.717) is 11.6 Å². The quantitative estimate of drug-likeness (QED) is 0.532. The molecule has 0 aliphatic heterocycles. The van der Waals surface area contributed by atoms with Crippen LogP contribution < -0.4 is 0 Å². The fraction of sp³-hybridized carbons (Fsp3) is 0.571. The third kappa shape index (κ3) is 3.05. The molecule has 3 nitrogen and oxygen atoms in total. The topological polar surface area (TPSA) is 34.9 Å². The summed E-state index contributed by atoms with van der Waals surface area (Å²) in [4.78, 5) is 11.1. The van der Waals surface area contributed by atoms with Crippen molar-refractivity contribution in [3.8, 4) is 0 Å². The molecule has 0 aliphatic carbocycles. The first-order valence-corrected chi connectivity index (χ1v) is 6.32. The van der Waals surface area contributed by atoms with Crippen molar-refractivity contribution in [2.75, 3.05) is 0 Å². The zero-order valence-corrected chi connectivity index (χ0v) is 11.0. The van der Waals surface area contributed by atoms with Gasteiger partial charge in [0.25, 0.3) is 0 Å². The number of nitrogens with zero attached hydrogens (tertiary/aromatic N) is 2. The predicted octanol–water partition coefficient (Wildman–Crippen LogP) is 3.74. The Morgan fingerprint density at radius 3 is 2.59 bits per heavy atom. The second-order valence-corrected chi connectivity index (χ2v) is 4.46. The Labute approximate surface area is 104 Å². The summed E-state index contributed by atoms with van der Waals surface area (Å²) < 4.78 is 1.94. The van der Waals surface area contributed by atoms with Crippen LogP contribution in [-0.4, -0.2) is 16.1 Å². The summed E-state index contributed by atoms with van der Waals surface area (Å²) in [6.45, 7) is 10.1. The van der Waals surface area contributed by atoms with Gasteiger partial charge in [-0.15, -0.1) is 6.58 Å². The molecule has 1 unspecified atom stereocenters. The SMILES string of the molecule is C=CCC(C)c1nn(C(CC)CC)cc1C=O. The molecule has 0 saturated carbocycles. The first-order valence-electron chi connectivity index (χ1n) is 6.32. The maximum Gasteiger partial charge on any atom is 0.153 e. The maximum atomic E-state index is 11.1. The van der Waals surface area contributed by atoms with Crippen LogP contribution in [0.5, 0.6) is 0 Å². The molecule has 1 aromatic rings. The van der Waals surface area contributed by atoms with Crippen molar-refractivity contribution in [1.82, 2.24) is 9.78 Å². The molecule has 94 valence electrons. The Bertz CT molecular complexity index is 378. The average molecular weight is 234 g/mol. The van der Waals surface area contributed by atoms with Crippen LogP contribution in [0.2, 0.25) is 0 Å². The summed E-state index contributed by atoms with van der Waals surface area (Å²) >= 11 is 0. The van der Waals surface area contributed by atoms with Crippen molar-refractivity contribution in [3.63, 3.8) is 0 Å². The third-order valence-corrected chi connectivity index (χ3v) is 3.22. The lowest BCUT2D eigenvalue weighted by atomic mass is 10.0. The van der Waals surface area contributed by atoms with E-state index in [1.807, 2.05) is 17.0 Å². The van der Waals surface area contributed by atoms with Crippen LogP contribution in [0, 0.1) is 0 Å². The first kappa shape index (κ1) is 13.7. The molecule has 0 spiro atoms. The van der Waals surface area contributed by atoms with Gasteiger partial charge in [0.1, 0.15) is 0 Å². The molecule has 1 aromatic heterocycles. The normalized spacial score (nSPS) is 12.7. The molecule has 0 bridgehead atoms. The number of allylic oxidation sites excluding steroid dienone is 1. The highest BCUT2D eigenvalue weighted by Gasteiger charge is 2.17. The van der Waals surface area contributed by atoms with Crippen molar-refractivity contribution in [2.24, 2.45) is 0 Å². The fourth-order valence-electron chi connectivity index (χ4n) is 2.11. The molecule has 0 aliphatic rings. The molecule has 3 heteroatoms. The summed E-state index contributed by atoms with van der Waals surface area (Å²) in [5.74, 6) is 0.253. The van der Waals surface area contributed by atoms with Crippen molar-refractivity contribution in [2.45, 2.75) is 52.0 Å². The molecule has 0 fully saturated rings. The lowest BCUT2D eigenvalue weighted by Gasteiger charge is -2.13. The van der Waals surface area contributed by atoms with Crippen molar-refractivity contribution < 1.29 is 4.79 Å². The second-order valence-electron chi connectivity index (χ2n) is 4.46. The van der Waals surface area contributed by atoms with E-state index >= 15 is 0 Å². The van der Waals surface area contributed by atoms with Gasteiger partial charge in [-0.1, -0.05) is 26.8 Å². The van der Waals surface area contributed by atoms with Crippen molar-refractivity contribution in [1.29, 1.82) is 0 Å². The minimum absolute atomic E-state index is 0.253. The van der Waals surface area contributed by atoms with Gasteiger partial charge in [-0.05, 0) is 19.3 Å². The minimum atomic E-state index is 0.253. The summed E-state index contributed by atoms with van der Waals surface area (Å²) in [7, 11) is 0. The molecular weight excluding hydrogens is 212 g/mol. The van der Waals surface area contributed by atoms with Crippen LogP contribution in [0.1, 0.15) is 68.0 Å². The van der Waals surface area contributed by atoms with E-state index in [1.54, 1.807) is 0 Å². The lowest BCUT2D eigenvalue weighted by Crippen LogP contribution is -2.08. The Morgan fingerprint density at radius 1 is 1.47 bits per heavy atom. The van der Waals surface area contributed by atoms with E-state index in [1.165, 1.54) is 0 Å². The standard InChI is InChI=1S/C14H22N2O/c1-5-8-11(4)14-12(10-17)9-16(15-14)13(6-2)7-3/h5,9-11,13H,1,6-8H2,2-4H3. The molecule has 0 radical (unpaired) electrons. The highest BCUT2D eigenvalue weighted by Crippen LogP contribution is 2.23. The molecule has 17 heavy (non-hydrogen) atoms. The number of rotatable bonds is 7. The lowest BCUT2D eigenvalue weighted by molar-refractivity contribution is 0.112. The van der Waals surface area contributed by atoms with Gasteiger partial charge >= 0.3 is 0 Å². The van der Waals surface area contributed by atoms with Crippen LogP contribution in [0.15, 0.2) is 18.9 Å². The van der Waals surface area contributed by atoms with Crippen LogP contribution >= 0.6 is 0 Å². The van der Waals surface area contributed by atoms with E-state index in [0.717, 1.165) is 31.2 Å². The van der Waals surface area contributed by atoms with Crippen molar-refractivity contribution in [3.05, 3.63) is 30.1 Å². The number of aldehydes is 1. The van der Waals surface area contributed by atoms with Gasteiger partial charge in [0.05, 0.1) is 17.3 Å². The molecule has 0 N–H and O–H groups in total. The van der Waals surface area contributed by atoms with E-state index in [2.05, 4.69) is 32.4 Å². The van der Waals surface area contributed by atoms with E-state index in [9.17, 15) is 4.79 Å². The Balaban J connectivity index is 3.05. The van der Waals surface area contributed by atoms with Crippen LogP contribution in [-0.2, 0) is 0 Å². The van der Waals surface area contributed by atoms with Gasteiger partial charge < -0.3 is 0 Å². The number of hydrogen-bond acceptors (Lipinski definition) is 2. The Kier molecular flexibility index (Phi) is 5.13. The summed E-state index contributed by atoms with van der Waals surface area (Å²) in [6.07, 6.45) is 7.56. The molecule has 0 aromatic carbocycles. The van der Waals surface area contributed by atoms with E-state index in [4.69, 9.17) is 0 Å². The van der Waals surface area contributed by atoms with Gasteiger partial charge in [-0.3, -0.25) is 9.48 Å². The van der Waals surface area contributed by atoms with Gasteiger partial charge in [-0.2, -0.15) is 5.10 Å². The first-order chi connectivity index (χ1) is 8.17. The number of aromatic nitrogens is 2. The highest BCUT2D eigenvalue weighted by molar-refractivity contribution is 5.76. The van der Waals surface area contributed by atoms with Crippen molar-refractivity contribution >= 4 is 6.29 Å². The van der Waals surface area contributed by atoms with Crippen LogP contribution in [0.25, 0.3) is 0 Å². The average Bonchev–Trinajstić information content (AvgIpc) is 2.75. The van der Waals surface area contributed by atoms with Crippen LogP contribution in [0.4, 0.5) is 0 Å². The van der Waals surface area contributed by atoms with Gasteiger partial charge in [0.2, 0.25) is 0 Å². The Hall–Kier alpha value is -1.38. The smallest absolute Gasteiger partial charge is 0.153 e. The molecule has 0 saturated heterocycles.